The quantitative estimate of drug-likeness (QED) is 0.601. The van der Waals surface area contributed by atoms with Crippen molar-refractivity contribution < 1.29 is 33.4 Å². The standard InChI is InChI=1S/2C3H7NO.2C3H6O2.C2H6O/c2*1-3(5)4-2;2*1-3(4)5-2;1-3-2/h2*1-2H3,(H,4,5);2*1-2H3;1-2H3. The molecule has 9 heteroatoms. The molecule has 23 heavy (non-hydrogen) atoms. The van der Waals surface area contributed by atoms with Crippen LogP contribution in [-0.2, 0) is 33.4 Å². The van der Waals surface area contributed by atoms with Crippen molar-refractivity contribution in [1.29, 1.82) is 0 Å². The van der Waals surface area contributed by atoms with Crippen molar-refractivity contribution in [3.63, 3.8) is 0 Å². The van der Waals surface area contributed by atoms with Crippen LogP contribution in [0.2, 0.25) is 0 Å². The minimum atomic E-state index is -0.245. The molecule has 0 spiro atoms. The summed E-state index contributed by atoms with van der Waals surface area (Å²) in [6, 6.07) is 0. The lowest BCUT2D eigenvalue weighted by molar-refractivity contribution is -0.138. The van der Waals surface area contributed by atoms with Gasteiger partial charge in [0.1, 0.15) is 0 Å². The summed E-state index contributed by atoms with van der Waals surface area (Å²) in [5, 5.41) is 4.78. The molecule has 0 saturated heterocycles. The fourth-order valence-electron chi connectivity index (χ4n) is 0. The Morgan fingerprint density at radius 2 is 0.696 bits per heavy atom. The first-order chi connectivity index (χ1) is 10.5. The van der Waals surface area contributed by atoms with E-state index in [9.17, 15) is 19.2 Å². The Kier molecular flexibility index (Phi) is 45.5. The van der Waals surface area contributed by atoms with Crippen molar-refractivity contribution in [3.05, 3.63) is 0 Å². The third-order valence-corrected chi connectivity index (χ3v) is 1.28. The third kappa shape index (κ3) is 185. The Bertz CT molecular complexity index is 239. The lowest BCUT2D eigenvalue weighted by Crippen LogP contribution is -2.11. The van der Waals surface area contributed by atoms with E-state index in [0.29, 0.717) is 0 Å². The second-order valence-corrected chi connectivity index (χ2v) is 3.41. The molecule has 0 aliphatic rings. The summed E-state index contributed by atoms with van der Waals surface area (Å²) >= 11 is 0. The van der Waals surface area contributed by atoms with Gasteiger partial charge in [-0.3, -0.25) is 19.2 Å². The molecule has 0 fully saturated rings. The van der Waals surface area contributed by atoms with Gasteiger partial charge in [0.05, 0.1) is 14.2 Å². The summed E-state index contributed by atoms with van der Waals surface area (Å²) in [5.74, 6) is -0.481. The van der Waals surface area contributed by atoms with Crippen LogP contribution in [0.5, 0.6) is 0 Å². The van der Waals surface area contributed by atoms with Gasteiger partial charge in [-0.1, -0.05) is 0 Å². The summed E-state index contributed by atoms with van der Waals surface area (Å²) < 4.78 is 12.5. The lowest BCUT2D eigenvalue weighted by atomic mass is 10.7. The average Bonchev–Trinajstić information content (AvgIpc) is 2.49. The highest BCUT2D eigenvalue weighted by molar-refractivity contribution is 5.72. The molecule has 9 nitrogen and oxygen atoms in total. The third-order valence-electron chi connectivity index (χ3n) is 1.28. The van der Waals surface area contributed by atoms with E-state index >= 15 is 0 Å². The van der Waals surface area contributed by atoms with Crippen molar-refractivity contribution in [2.45, 2.75) is 27.7 Å². The molecule has 0 rings (SSSR count). The zero-order chi connectivity index (χ0) is 19.8. The van der Waals surface area contributed by atoms with Crippen molar-refractivity contribution in [2.75, 3.05) is 42.5 Å². The topological polar surface area (TPSA) is 120 Å². The van der Waals surface area contributed by atoms with E-state index in [1.165, 1.54) is 41.9 Å². The van der Waals surface area contributed by atoms with E-state index in [4.69, 9.17) is 0 Å². The predicted molar refractivity (Wildman–Crippen MR) is 87.8 cm³/mol. The SMILES string of the molecule is CNC(C)=O.CNC(C)=O.COC.COC(C)=O.COC(C)=O. The first-order valence-corrected chi connectivity index (χ1v) is 6.36. The number of rotatable bonds is 0. The van der Waals surface area contributed by atoms with Crippen molar-refractivity contribution in [2.24, 2.45) is 0 Å². The monoisotopic (exact) mass is 340 g/mol. The van der Waals surface area contributed by atoms with Crippen LogP contribution in [0.15, 0.2) is 0 Å². The van der Waals surface area contributed by atoms with Gasteiger partial charge in [-0.25, -0.2) is 0 Å². The number of ether oxygens (including phenoxy) is 3. The maximum Gasteiger partial charge on any atom is 0.302 e. The van der Waals surface area contributed by atoms with Gasteiger partial charge in [-0.05, 0) is 0 Å². The Hall–Kier alpha value is -2.16. The number of carbonyl (C=O) groups is 4. The highest BCUT2D eigenvalue weighted by Gasteiger charge is 1.76. The van der Waals surface area contributed by atoms with Crippen molar-refractivity contribution in [1.82, 2.24) is 10.6 Å². The fraction of sp³-hybridized carbons (Fsp3) is 0.714. The summed E-state index contributed by atoms with van der Waals surface area (Å²) in [6.45, 7) is 5.67. The second-order valence-electron chi connectivity index (χ2n) is 3.41. The lowest BCUT2D eigenvalue weighted by Gasteiger charge is -1.80. The molecule has 0 saturated carbocycles. The van der Waals surface area contributed by atoms with E-state index in [0.717, 1.165) is 0 Å². The van der Waals surface area contributed by atoms with E-state index < -0.39 is 0 Å². The van der Waals surface area contributed by atoms with Crippen LogP contribution in [0.3, 0.4) is 0 Å². The number of amides is 2. The number of hydrogen-bond donors (Lipinski definition) is 2. The first-order valence-electron chi connectivity index (χ1n) is 6.36. The van der Waals surface area contributed by atoms with Crippen LogP contribution in [-0.4, -0.2) is 66.3 Å². The van der Waals surface area contributed by atoms with E-state index in [2.05, 4.69) is 24.8 Å². The van der Waals surface area contributed by atoms with E-state index in [1.807, 2.05) is 0 Å². The molecular formula is C14H32N2O7. The summed E-state index contributed by atoms with van der Waals surface area (Å²) in [6.07, 6.45) is 0. The molecule has 140 valence electrons. The molecule has 0 heterocycles. The number of nitrogens with one attached hydrogen (secondary N) is 2. The minimum Gasteiger partial charge on any atom is -0.469 e. The molecule has 0 aromatic rings. The maximum absolute atomic E-state index is 9.70. The minimum absolute atomic E-state index is 0.00463. The van der Waals surface area contributed by atoms with E-state index in [1.54, 1.807) is 28.3 Å². The van der Waals surface area contributed by atoms with Crippen LogP contribution in [0.1, 0.15) is 27.7 Å². The normalized spacial score (nSPS) is 6.70. The van der Waals surface area contributed by atoms with Crippen LogP contribution in [0.25, 0.3) is 0 Å². The Balaban J connectivity index is -0.0000000593. The molecule has 0 aromatic carbocycles. The van der Waals surface area contributed by atoms with Crippen LogP contribution in [0, 0.1) is 0 Å². The highest BCUT2D eigenvalue weighted by Crippen LogP contribution is 1.60. The van der Waals surface area contributed by atoms with Gasteiger partial charge in [-0.2, -0.15) is 0 Å². The fourth-order valence-corrected chi connectivity index (χ4v) is 0. The van der Waals surface area contributed by atoms with Gasteiger partial charge in [0, 0.05) is 56.0 Å². The average molecular weight is 340 g/mol. The molecular weight excluding hydrogens is 308 g/mol. The molecule has 0 aliphatic heterocycles. The number of methoxy groups -OCH3 is 3. The number of esters is 2. The smallest absolute Gasteiger partial charge is 0.302 e. The van der Waals surface area contributed by atoms with Gasteiger partial charge >= 0.3 is 11.9 Å². The van der Waals surface area contributed by atoms with Gasteiger partial charge in [0.2, 0.25) is 11.8 Å². The molecule has 0 atom stereocenters. The summed E-state index contributed by atoms with van der Waals surface area (Å²) in [4.78, 5) is 38.6. The molecule has 2 N–H and O–H groups in total. The number of carbonyl (C=O) groups excluding carboxylic acids is 4. The van der Waals surface area contributed by atoms with Crippen molar-refractivity contribution >= 4 is 23.8 Å². The van der Waals surface area contributed by atoms with Crippen LogP contribution >= 0.6 is 0 Å². The first kappa shape index (κ1) is 32.7. The molecule has 0 bridgehead atoms. The van der Waals surface area contributed by atoms with Gasteiger partial charge in [0.15, 0.2) is 0 Å². The second kappa shape index (κ2) is 32.0. The Labute approximate surface area is 139 Å². The molecule has 0 radical (unpaired) electrons. The molecule has 0 unspecified atom stereocenters. The predicted octanol–water partition coefficient (Wildman–Crippen LogP) is 0.126. The summed E-state index contributed by atoms with van der Waals surface area (Å²) in [7, 11) is 9.15. The maximum atomic E-state index is 9.70. The molecule has 0 aromatic heterocycles. The highest BCUT2D eigenvalue weighted by atomic mass is 16.5. The van der Waals surface area contributed by atoms with Crippen LogP contribution < -0.4 is 10.6 Å². The zero-order valence-corrected chi connectivity index (χ0v) is 15.9. The largest absolute Gasteiger partial charge is 0.469 e. The Morgan fingerprint density at radius 3 is 0.696 bits per heavy atom. The Morgan fingerprint density at radius 1 is 0.609 bits per heavy atom. The molecule has 2 amide bonds. The number of hydrogen-bond acceptors (Lipinski definition) is 7. The van der Waals surface area contributed by atoms with Gasteiger partial charge in [0.25, 0.3) is 0 Å². The molecule has 0 aliphatic carbocycles. The van der Waals surface area contributed by atoms with E-state index in [-0.39, 0.29) is 23.8 Å². The van der Waals surface area contributed by atoms with Crippen molar-refractivity contribution in [3.8, 4) is 0 Å². The van der Waals surface area contributed by atoms with Gasteiger partial charge in [-0.15, -0.1) is 0 Å². The van der Waals surface area contributed by atoms with Crippen LogP contribution in [0.4, 0.5) is 0 Å². The zero-order valence-electron chi connectivity index (χ0n) is 15.9. The summed E-state index contributed by atoms with van der Waals surface area (Å²) in [5.41, 5.74) is 0. The van der Waals surface area contributed by atoms with Gasteiger partial charge < -0.3 is 24.8 Å².